The number of ether oxygens (including phenoxy) is 2. The number of hydrogen-bond acceptors (Lipinski definition) is 4. The maximum Gasteiger partial charge on any atom is 0.120 e. The van der Waals surface area contributed by atoms with E-state index >= 15 is 0 Å². The van der Waals surface area contributed by atoms with Gasteiger partial charge in [-0.2, -0.15) is 0 Å². The van der Waals surface area contributed by atoms with Gasteiger partial charge in [0.2, 0.25) is 0 Å². The third-order valence-electron chi connectivity index (χ3n) is 6.05. The molecule has 0 atom stereocenters. The smallest absolute Gasteiger partial charge is 0.120 e. The third-order valence-corrected chi connectivity index (χ3v) is 6.05. The molecule has 0 bridgehead atoms. The van der Waals surface area contributed by atoms with Crippen molar-refractivity contribution in [3.63, 3.8) is 0 Å². The normalized spacial score (nSPS) is 11.8. The van der Waals surface area contributed by atoms with E-state index in [2.05, 4.69) is 78.9 Å². The van der Waals surface area contributed by atoms with Crippen LogP contribution in [-0.4, -0.2) is 67.3 Å². The number of hydrogen-bond donors (Lipinski definition) is 1. The first-order valence-corrected chi connectivity index (χ1v) is 12.9. The van der Waals surface area contributed by atoms with Crippen LogP contribution in [0, 0.1) is 0 Å². The molecule has 33 heavy (non-hydrogen) atoms. The predicted molar refractivity (Wildman–Crippen MR) is 141 cm³/mol. The number of fused-ring (bicyclic) bond motifs is 3. The number of aromatic nitrogens is 1. The minimum Gasteiger partial charge on any atom is -0.492 e. The summed E-state index contributed by atoms with van der Waals surface area (Å²) in [5.41, 5.74) is 2.26. The van der Waals surface area contributed by atoms with Crippen molar-refractivity contribution in [3.05, 3.63) is 36.4 Å². The Labute approximate surface area is 200 Å². The number of aromatic amines is 1. The van der Waals surface area contributed by atoms with Crippen molar-refractivity contribution in [2.24, 2.45) is 0 Å². The Morgan fingerprint density at radius 1 is 0.576 bits per heavy atom. The molecule has 0 aliphatic carbocycles. The Balaban J connectivity index is 1.65. The number of H-pyrrole nitrogens is 1. The summed E-state index contributed by atoms with van der Waals surface area (Å²) in [7, 11) is 0. The van der Waals surface area contributed by atoms with Gasteiger partial charge in [0.1, 0.15) is 24.7 Å². The van der Waals surface area contributed by atoms with Crippen LogP contribution in [0.25, 0.3) is 21.8 Å². The summed E-state index contributed by atoms with van der Waals surface area (Å²) in [5, 5.41) is 2.37. The Bertz CT molecular complexity index is 880. The molecular formula is C28H43N3O2. The molecule has 0 aliphatic rings. The van der Waals surface area contributed by atoms with E-state index in [0.29, 0.717) is 13.2 Å². The van der Waals surface area contributed by atoms with Gasteiger partial charge in [0.05, 0.1) is 0 Å². The van der Waals surface area contributed by atoms with Gasteiger partial charge in [0, 0.05) is 34.9 Å². The monoisotopic (exact) mass is 453 g/mol. The van der Waals surface area contributed by atoms with Gasteiger partial charge in [-0.3, -0.25) is 9.80 Å². The van der Waals surface area contributed by atoms with E-state index in [1.54, 1.807) is 0 Å². The molecule has 0 saturated carbocycles. The lowest BCUT2D eigenvalue weighted by Gasteiger charge is -2.21. The molecule has 0 spiro atoms. The maximum atomic E-state index is 6.13. The first kappa shape index (κ1) is 25.4. The van der Waals surface area contributed by atoms with Crippen LogP contribution in [0.15, 0.2) is 36.4 Å². The predicted octanol–water partition coefficient (Wildman–Crippen LogP) is 6.32. The van der Waals surface area contributed by atoms with E-state index in [4.69, 9.17) is 9.47 Å². The van der Waals surface area contributed by atoms with Gasteiger partial charge in [-0.25, -0.2) is 0 Å². The van der Waals surface area contributed by atoms with Crippen LogP contribution in [0.5, 0.6) is 11.5 Å². The highest BCUT2D eigenvalue weighted by molar-refractivity contribution is 6.08. The number of benzene rings is 2. The van der Waals surface area contributed by atoms with Crippen LogP contribution in [-0.2, 0) is 0 Å². The molecule has 0 radical (unpaired) electrons. The number of nitrogens with one attached hydrogen (secondary N) is 1. The average molecular weight is 454 g/mol. The van der Waals surface area contributed by atoms with E-state index in [-0.39, 0.29) is 0 Å². The molecule has 2 aromatic carbocycles. The molecule has 3 aromatic rings. The first-order valence-electron chi connectivity index (χ1n) is 12.9. The van der Waals surface area contributed by atoms with Crippen LogP contribution in [0.2, 0.25) is 0 Å². The topological polar surface area (TPSA) is 40.7 Å². The van der Waals surface area contributed by atoms with Crippen molar-refractivity contribution in [3.8, 4) is 11.5 Å². The van der Waals surface area contributed by atoms with Crippen molar-refractivity contribution in [1.82, 2.24) is 14.8 Å². The zero-order valence-electron chi connectivity index (χ0n) is 21.2. The summed E-state index contributed by atoms with van der Waals surface area (Å²) < 4.78 is 12.3. The lowest BCUT2D eigenvalue weighted by molar-refractivity contribution is 0.209. The maximum absolute atomic E-state index is 6.13. The van der Waals surface area contributed by atoms with Crippen molar-refractivity contribution < 1.29 is 9.47 Å². The molecule has 3 rings (SSSR count). The molecular weight excluding hydrogens is 410 g/mol. The summed E-state index contributed by atoms with van der Waals surface area (Å²) in [5.74, 6) is 1.86. The van der Waals surface area contributed by atoms with Crippen LogP contribution in [0.4, 0.5) is 0 Å². The summed E-state index contributed by atoms with van der Waals surface area (Å²) in [6, 6.07) is 12.7. The highest BCUT2D eigenvalue weighted by Crippen LogP contribution is 2.31. The van der Waals surface area contributed by atoms with Crippen molar-refractivity contribution in [2.75, 3.05) is 52.5 Å². The Morgan fingerprint density at radius 3 is 1.33 bits per heavy atom. The molecule has 0 saturated heterocycles. The van der Waals surface area contributed by atoms with E-state index in [1.165, 1.54) is 36.5 Å². The Hall–Kier alpha value is -2.24. The highest BCUT2D eigenvalue weighted by atomic mass is 16.5. The van der Waals surface area contributed by atoms with E-state index < -0.39 is 0 Å². The fourth-order valence-corrected chi connectivity index (χ4v) is 4.56. The highest BCUT2D eigenvalue weighted by Gasteiger charge is 2.09. The minimum absolute atomic E-state index is 0.717. The molecule has 5 nitrogen and oxygen atoms in total. The SMILES string of the molecule is CCCN(CCC)CCOc1ccc2[nH]c3ccc(OCCN(CCC)CCC)cc3c2c1. The molecule has 1 aromatic heterocycles. The molecule has 5 heteroatoms. The third kappa shape index (κ3) is 7.38. The fraction of sp³-hybridized carbons (Fsp3) is 0.571. The van der Waals surface area contributed by atoms with Crippen molar-refractivity contribution >= 4 is 21.8 Å². The number of rotatable bonds is 16. The number of nitrogens with zero attached hydrogens (tertiary/aromatic N) is 2. The van der Waals surface area contributed by atoms with Gasteiger partial charge in [-0.15, -0.1) is 0 Å². The lowest BCUT2D eigenvalue weighted by atomic mass is 10.1. The van der Waals surface area contributed by atoms with Gasteiger partial charge < -0.3 is 14.5 Å². The van der Waals surface area contributed by atoms with Crippen molar-refractivity contribution in [2.45, 2.75) is 53.4 Å². The molecule has 1 N–H and O–H groups in total. The summed E-state index contributed by atoms with van der Waals surface area (Å²) in [6.45, 7) is 16.9. The minimum atomic E-state index is 0.717. The molecule has 0 aliphatic heterocycles. The van der Waals surface area contributed by atoms with E-state index in [9.17, 15) is 0 Å². The first-order chi connectivity index (χ1) is 16.2. The van der Waals surface area contributed by atoms with Crippen LogP contribution < -0.4 is 9.47 Å². The second-order valence-corrected chi connectivity index (χ2v) is 8.92. The van der Waals surface area contributed by atoms with Crippen LogP contribution in [0.3, 0.4) is 0 Å². The molecule has 1 heterocycles. The van der Waals surface area contributed by atoms with E-state index in [0.717, 1.165) is 61.8 Å². The van der Waals surface area contributed by atoms with Gasteiger partial charge >= 0.3 is 0 Å². The van der Waals surface area contributed by atoms with Gasteiger partial charge in [0.25, 0.3) is 0 Å². The standard InChI is InChI=1S/C28H43N3O2/c1-5-13-30(14-6-2)17-19-32-23-9-11-27-25(21-23)26-22-24(10-12-28(26)29-27)33-20-18-31(15-7-3)16-8-4/h9-12,21-22,29H,5-8,13-20H2,1-4H3. The lowest BCUT2D eigenvalue weighted by Crippen LogP contribution is -2.30. The Kier molecular flexibility index (Phi) is 10.4. The van der Waals surface area contributed by atoms with Gasteiger partial charge in [-0.1, -0.05) is 27.7 Å². The average Bonchev–Trinajstić information content (AvgIpc) is 3.17. The van der Waals surface area contributed by atoms with Gasteiger partial charge in [-0.05, 0) is 88.3 Å². The van der Waals surface area contributed by atoms with Crippen molar-refractivity contribution in [1.29, 1.82) is 0 Å². The second-order valence-electron chi connectivity index (χ2n) is 8.92. The van der Waals surface area contributed by atoms with Gasteiger partial charge in [0.15, 0.2) is 0 Å². The quantitative estimate of drug-likeness (QED) is 0.275. The molecule has 0 amide bonds. The zero-order valence-corrected chi connectivity index (χ0v) is 21.2. The molecule has 182 valence electrons. The van der Waals surface area contributed by atoms with Crippen LogP contribution in [0.1, 0.15) is 53.4 Å². The zero-order chi connectivity index (χ0) is 23.5. The van der Waals surface area contributed by atoms with E-state index in [1.807, 2.05) is 0 Å². The fourth-order valence-electron chi connectivity index (χ4n) is 4.56. The van der Waals surface area contributed by atoms with Crippen LogP contribution >= 0.6 is 0 Å². The molecule has 0 unspecified atom stereocenters. The molecule has 0 fully saturated rings. The Morgan fingerprint density at radius 2 is 0.970 bits per heavy atom. The summed E-state index contributed by atoms with van der Waals surface area (Å²) >= 11 is 0. The second kappa shape index (κ2) is 13.5. The summed E-state index contributed by atoms with van der Waals surface area (Å²) in [4.78, 5) is 8.48. The summed E-state index contributed by atoms with van der Waals surface area (Å²) in [6.07, 6.45) is 4.73. The largest absolute Gasteiger partial charge is 0.492 e.